The molecule has 132 valence electrons. The number of rotatable bonds is 2. The predicted molar refractivity (Wildman–Crippen MR) is 102 cm³/mol. The van der Waals surface area contributed by atoms with E-state index in [4.69, 9.17) is 18.9 Å². The molecule has 0 radical (unpaired) electrons. The molecule has 2 aromatic carbocycles. The smallest absolute Gasteiger partial charge is 0.256 e. The molecule has 0 bridgehead atoms. The van der Waals surface area contributed by atoms with Gasteiger partial charge in [0, 0.05) is 22.8 Å². The lowest BCUT2D eigenvalue weighted by Gasteiger charge is -2.31. The van der Waals surface area contributed by atoms with Gasteiger partial charge in [-0.15, -0.1) is 0 Å². The number of halogens is 2. The van der Waals surface area contributed by atoms with Crippen LogP contribution >= 0.6 is 31.9 Å². The third-order valence-electron chi connectivity index (χ3n) is 4.40. The van der Waals surface area contributed by atoms with Gasteiger partial charge in [-0.3, -0.25) is 0 Å². The molecule has 0 saturated heterocycles. The van der Waals surface area contributed by atoms with Crippen LogP contribution in [0.4, 0.5) is 0 Å². The molecule has 2 heterocycles. The molecule has 0 aliphatic carbocycles. The van der Waals surface area contributed by atoms with Crippen molar-refractivity contribution >= 4 is 31.9 Å². The van der Waals surface area contributed by atoms with Crippen molar-refractivity contribution < 1.29 is 18.9 Å². The number of fused-ring (bicyclic) bond motifs is 2. The van der Waals surface area contributed by atoms with Crippen LogP contribution in [-0.2, 0) is 0 Å². The lowest BCUT2D eigenvalue weighted by Crippen LogP contribution is -2.47. The molecular formula is C19H18Br2O4. The van der Waals surface area contributed by atoms with Gasteiger partial charge in [0.05, 0.1) is 0 Å². The first-order chi connectivity index (χ1) is 11.7. The highest BCUT2D eigenvalue weighted by Crippen LogP contribution is 2.49. The van der Waals surface area contributed by atoms with Gasteiger partial charge in [0.25, 0.3) is 11.6 Å². The summed E-state index contributed by atoms with van der Waals surface area (Å²) in [5.74, 6) is 1.19. The van der Waals surface area contributed by atoms with Crippen molar-refractivity contribution in [2.75, 3.05) is 0 Å². The normalized spacial score (nSPS) is 26.2. The summed E-state index contributed by atoms with van der Waals surface area (Å²) in [7, 11) is 0. The third kappa shape index (κ3) is 2.99. The molecule has 2 aromatic rings. The van der Waals surface area contributed by atoms with Gasteiger partial charge in [-0.05, 0) is 49.2 Å². The maximum Gasteiger partial charge on any atom is 0.256 e. The Bertz CT molecular complexity index is 745. The maximum absolute atomic E-state index is 6.09. The van der Waals surface area contributed by atoms with Crippen molar-refractivity contribution in [2.24, 2.45) is 0 Å². The summed E-state index contributed by atoms with van der Waals surface area (Å²) in [6.07, 6.45) is 0.413. The monoisotopic (exact) mass is 468 g/mol. The Labute approximate surface area is 163 Å². The van der Waals surface area contributed by atoms with E-state index in [0.717, 1.165) is 43.1 Å². The first kappa shape index (κ1) is 17.0. The number of hydrogen-bond donors (Lipinski definition) is 0. The molecule has 25 heavy (non-hydrogen) atoms. The Balaban J connectivity index is 1.57. The van der Waals surface area contributed by atoms with Crippen LogP contribution in [0.3, 0.4) is 0 Å². The van der Waals surface area contributed by atoms with E-state index in [0.29, 0.717) is 6.42 Å². The van der Waals surface area contributed by atoms with Gasteiger partial charge < -0.3 is 18.9 Å². The van der Waals surface area contributed by atoms with Crippen LogP contribution in [0.5, 0.6) is 23.0 Å². The molecule has 2 unspecified atom stereocenters. The Morgan fingerprint density at radius 1 is 0.680 bits per heavy atom. The van der Waals surface area contributed by atoms with Crippen LogP contribution in [0.25, 0.3) is 0 Å². The molecule has 6 heteroatoms. The molecule has 0 N–H and O–H groups in total. The van der Waals surface area contributed by atoms with Gasteiger partial charge in [-0.25, -0.2) is 0 Å². The fourth-order valence-electron chi connectivity index (χ4n) is 3.29. The highest BCUT2D eigenvalue weighted by Gasteiger charge is 2.49. The largest absolute Gasteiger partial charge is 0.448 e. The SMILES string of the molecule is Cc1cc2c(cc1Br)OC(C)(CC1(C)Oc3cc(C)c(Br)cc3O1)O2. The van der Waals surface area contributed by atoms with Gasteiger partial charge in [-0.2, -0.15) is 0 Å². The van der Waals surface area contributed by atoms with Crippen molar-refractivity contribution in [1.82, 2.24) is 0 Å². The Hall–Kier alpha value is -1.40. The molecule has 2 atom stereocenters. The average molecular weight is 470 g/mol. The standard InChI is InChI=1S/C19H18Br2O4/c1-10-5-14-16(7-12(10)20)24-18(3,22-14)9-19(4)23-15-6-11(2)13(21)8-17(15)25-19/h5-8H,9H2,1-4H3. The first-order valence-electron chi connectivity index (χ1n) is 8.03. The molecule has 2 aliphatic heterocycles. The summed E-state index contributed by atoms with van der Waals surface area (Å²) in [6.45, 7) is 7.84. The van der Waals surface area contributed by atoms with Crippen molar-refractivity contribution in [2.45, 2.75) is 45.7 Å². The highest BCUT2D eigenvalue weighted by atomic mass is 79.9. The second-order valence-electron chi connectivity index (χ2n) is 6.95. The van der Waals surface area contributed by atoms with E-state index in [9.17, 15) is 0 Å². The van der Waals surface area contributed by atoms with Gasteiger partial charge in [0.2, 0.25) is 0 Å². The van der Waals surface area contributed by atoms with E-state index in [1.54, 1.807) is 0 Å². The fraction of sp³-hybridized carbons (Fsp3) is 0.368. The summed E-state index contributed by atoms with van der Waals surface area (Å²) in [5.41, 5.74) is 2.19. The van der Waals surface area contributed by atoms with Gasteiger partial charge >= 0.3 is 0 Å². The molecule has 4 nitrogen and oxygen atoms in total. The molecule has 2 aliphatic rings. The maximum atomic E-state index is 6.09. The van der Waals surface area contributed by atoms with E-state index in [1.165, 1.54) is 0 Å². The summed E-state index contributed by atoms with van der Waals surface area (Å²) in [4.78, 5) is 0. The minimum atomic E-state index is -0.862. The van der Waals surface area contributed by atoms with Crippen molar-refractivity contribution in [3.63, 3.8) is 0 Å². The lowest BCUT2D eigenvalue weighted by atomic mass is 10.1. The van der Waals surface area contributed by atoms with E-state index in [-0.39, 0.29) is 0 Å². The quantitative estimate of drug-likeness (QED) is 0.549. The number of hydrogen-bond acceptors (Lipinski definition) is 4. The van der Waals surface area contributed by atoms with E-state index >= 15 is 0 Å². The third-order valence-corrected chi connectivity index (χ3v) is 6.10. The fourth-order valence-corrected chi connectivity index (χ4v) is 3.94. The summed E-state index contributed by atoms with van der Waals surface area (Å²) in [5, 5.41) is 0. The zero-order valence-corrected chi connectivity index (χ0v) is 17.6. The van der Waals surface area contributed by atoms with Crippen LogP contribution in [0.15, 0.2) is 33.2 Å². The number of aryl methyl sites for hydroxylation is 2. The van der Waals surface area contributed by atoms with E-state index in [1.807, 2.05) is 52.0 Å². The molecule has 4 rings (SSSR count). The predicted octanol–water partition coefficient (Wildman–Crippen LogP) is 5.89. The van der Waals surface area contributed by atoms with Crippen LogP contribution in [0, 0.1) is 13.8 Å². The minimum Gasteiger partial charge on any atom is -0.448 e. The van der Waals surface area contributed by atoms with E-state index in [2.05, 4.69) is 31.9 Å². The Morgan fingerprint density at radius 2 is 1.00 bits per heavy atom. The summed E-state index contributed by atoms with van der Waals surface area (Å²) >= 11 is 7.06. The minimum absolute atomic E-state index is 0.413. The van der Waals surface area contributed by atoms with Crippen molar-refractivity contribution in [1.29, 1.82) is 0 Å². The second-order valence-corrected chi connectivity index (χ2v) is 8.66. The average Bonchev–Trinajstić information content (AvgIpc) is 2.95. The molecule has 0 aromatic heterocycles. The van der Waals surface area contributed by atoms with Crippen LogP contribution in [-0.4, -0.2) is 11.6 Å². The summed E-state index contributed by atoms with van der Waals surface area (Å²) < 4.78 is 26.3. The molecular weight excluding hydrogens is 452 g/mol. The lowest BCUT2D eigenvalue weighted by molar-refractivity contribution is -0.162. The zero-order chi connectivity index (χ0) is 18.0. The molecule has 0 amide bonds. The zero-order valence-electron chi connectivity index (χ0n) is 14.4. The second kappa shape index (κ2) is 5.55. The van der Waals surface area contributed by atoms with E-state index < -0.39 is 11.6 Å². The highest BCUT2D eigenvalue weighted by molar-refractivity contribution is 9.10. The Morgan fingerprint density at radius 3 is 1.36 bits per heavy atom. The summed E-state index contributed by atoms with van der Waals surface area (Å²) in [6, 6.07) is 7.81. The first-order valence-corrected chi connectivity index (χ1v) is 9.61. The van der Waals surface area contributed by atoms with Crippen LogP contribution in [0.1, 0.15) is 31.4 Å². The molecule has 0 saturated carbocycles. The topological polar surface area (TPSA) is 36.9 Å². The van der Waals surface area contributed by atoms with Crippen molar-refractivity contribution in [3.8, 4) is 23.0 Å². The molecule has 0 fully saturated rings. The van der Waals surface area contributed by atoms with Gasteiger partial charge in [0.1, 0.15) is 6.42 Å². The Kier molecular flexibility index (Phi) is 3.78. The van der Waals surface area contributed by atoms with Crippen LogP contribution < -0.4 is 18.9 Å². The van der Waals surface area contributed by atoms with Crippen LogP contribution in [0.2, 0.25) is 0 Å². The molecule has 0 spiro atoms. The number of ether oxygens (including phenoxy) is 4. The van der Waals surface area contributed by atoms with Crippen molar-refractivity contribution in [3.05, 3.63) is 44.3 Å². The number of benzene rings is 2. The van der Waals surface area contributed by atoms with Gasteiger partial charge in [0.15, 0.2) is 23.0 Å². The van der Waals surface area contributed by atoms with Gasteiger partial charge in [-0.1, -0.05) is 31.9 Å².